The van der Waals surface area contributed by atoms with Crippen LogP contribution >= 0.6 is 0 Å². The van der Waals surface area contributed by atoms with Crippen LogP contribution in [0.15, 0.2) is 0 Å². The number of hydrogen-bond donors (Lipinski definition) is 0. The van der Waals surface area contributed by atoms with Crippen LogP contribution in [-0.4, -0.2) is 46.6 Å². The van der Waals surface area contributed by atoms with Gasteiger partial charge in [-0.2, -0.15) is 0 Å². The molecule has 0 aromatic heterocycles. The summed E-state index contributed by atoms with van der Waals surface area (Å²) in [6.45, 7) is 24.8. The van der Waals surface area contributed by atoms with E-state index in [0.717, 1.165) is 0 Å². The zero-order valence-corrected chi connectivity index (χ0v) is 14.1. The SMILES string of the molecule is C[C@@H]1CN(C(C)(C)C)CCN1C(C)(C)C(C)(C)C. The number of hydrogen-bond acceptors (Lipinski definition) is 2. The molecule has 1 aliphatic rings. The van der Waals surface area contributed by atoms with Crippen molar-refractivity contribution < 1.29 is 0 Å². The van der Waals surface area contributed by atoms with E-state index >= 15 is 0 Å². The average Bonchev–Trinajstić information content (AvgIpc) is 2.13. The molecule has 0 aromatic carbocycles. The number of piperazine rings is 1. The summed E-state index contributed by atoms with van der Waals surface area (Å²) in [6, 6.07) is 0.632. The van der Waals surface area contributed by atoms with Crippen molar-refractivity contribution in [1.29, 1.82) is 0 Å². The fraction of sp³-hybridized carbons (Fsp3) is 1.00. The number of nitrogens with zero attached hydrogens (tertiary/aromatic N) is 2. The molecule has 108 valence electrons. The van der Waals surface area contributed by atoms with E-state index in [1.807, 2.05) is 0 Å². The van der Waals surface area contributed by atoms with Gasteiger partial charge in [0, 0.05) is 36.8 Å². The van der Waals surface area contributed by atoms with Crippen LogP contribution in [0.25, 0.3) is 0 Å². The summed E-state index contributed by atoms with van der Waals surface area (Å²) < 4.78 is 0. The minimum atomic E-state index is 0.246. The first kappa shape index (κ1) is 16.0. The molecule has 1 atom stereocenters. The van der Waals surface area contributed by atoms with E-state index in [0.29, 0.717) is 17.0 Å². The molecule has 2 nitrogen and oxygen atoms in total. The van der Waals surface area contributed by atoms with Crippen molar-refractivity contribution in [3.05, 3.63) is 0 Å². The summed E-state index contributed by atoms with van der Waals surface area (Å²) in [5.74, 6) is 0. The Morgan fingerprint density at radius 2 is 1.33 bits per heavy atom. The Morgan fingerprint density at radius 3 is 1.67 bits per heavy atom. The minimum Gasteiger partial charge on any atom is -0.296 e. The number of rotatable bonds is 1. The van der Waals surface area contributed by atoms with E-state index in [2.05, 4.69) is 72.1 Å². The standard InChI is InChI=1S/C16H34N2/c1-13-12-17(15(5,6)7)10-11-18(13)16(8,9)14(2,3)4/h13H,10-12H2,1-9H3/t13-/m1/s1. The lowest BCUT2D eigenvalue weighted by molar-refractivity contribution is -0.0623. The normalized spacial score (nSPS) is 25.5. The van der Waals surface area contributed by atoms with Crippen molar-refractivity contribution >= 4 is 0 Å². The monoisotopic (exact) mass is 254 g/mol. The molecular formula is C16H34N2. The smallest absolute Gasteiger partial charge is 0.0205 e. The molecule has 1 aliphatic heterocycles. The summed E-state index contributed by atoms with van der Waals surface area (Å²) in [5.41, 5.74) is 0.855. The highest BCUT2D eigenvalue weighted by molar-refractivity contribution is 4.98. The van der Waals surface area contributed by atoms with E-state index in [9.17, 15) is 0 Å². The van der Waals surface area contributed by atoms with Gasteiger partial charge in [0.2, 0.25) is 0 Å². The Balaban J connectivity index is 2.81. The highest BCUT2D eigenvalue weighted by Crippen LogP contribution is 2.37. The van der Waals surface area contributed by atoms with Gasteiger partial charge in [-0.1, -0.05) is 20.8 Å². The van der Waals surface area contributed by atoms with Crippen molar-refractivity contribution in [1.82, 2.24) is 9.80 Å². The zero-order chi connectivity index (χ0) is 14.4. The molecule has 1 heterocycles. The van der Waals surface area contributed by atoms with E-state index in [1.54, 1.807) is 0 Å². The maximum atomic E-state index is 2.70. The molecule has 18 heavy (non-hydrogen) atoms. The predicted molar refractivity (Wildman–Crippen MR) is 81.0 cm³/mol. The van der Waals surface area contributed by atoms with Crippen molar-refractivity contribution in [3.8, 4) is 0 Å². The molecule has 0 spiro atoms. The Kier molecular flexibility index (Phi) is 4.25. The average molecular weight is 254 g/mol. The second kappa shape index (κ2) is 4.79. The first-order valence-electron chi connectivity index (χ1n) is 7.39. The summed E-state index contributed by atoms with van der Waals surface area (Å²) in [6.07, 6.45) is 0. The van der Waals surface area contributed by atoms with Gasteiger partial charge in [-0.3, -0.25) is 9.80 Å². The van der Waals surface area contributed by atoms with Crippen LogP contribution in [0.5, 0.6) is 0 Å². The lowest BCUT2D eigenvalue weighted by atomic mass is 9.74. The summed E-state index contributed by atoms with van der Waals surface area (Å²) in [7, 11) is 0. The van der Waals surface area contributed by atoms with E-state index < -0.39 is 0 Å². The van der Waals surface area contributed by atoms with Gasteiger partial charge in [0.25, 0.3) is 0 Å². The Morgan fingerprint density at radius 1 is 0.833 bits per heavy atom. The van der Waals surface area contributed by atoms with Crippen molar-refractivity contribution in [2.24, 2.45) is 5.41 Å². The third-order valence-electron chi connectivity index (χ3n) is 5.13. The van der Waals surface area contributed by atoms with Gasteiger partial charge in [0.05, 0.1) is 0 Å². The Hall–Kier alpha value is -0.0800. The molecule has 0 aliphatic carbocycles. The fourth-order valence-corrected chi connectivity index (χ4v) is 2.83. The maximum Gasteiger partial charge on any atom is 0.0205 e. The van der Waals surface area contributed by atoms with Crippen molar-refractivity contribution in [3.63, 3.8) is 0 Å². The van der Waals surface area contributed by atoms with Crippen molar-refractivity contribution in [2.75, 3.05) is 19.6 Å². The molecule has 0 unspecified atom stereocenters. The van der Waals surface area contributed by atoms with Crippen LogP contribution in [0.3, 0.4) is 0 Å². The molecule has 0 saturated carbocycles. The highest BCUT2D eigenvalue weighted by Gasteiger charge is 2.43. The largest absolute Gasteiger partial charge is 0.296 e. The molecule has 1 fully saturated rings. The molecule has 0 amide bonds. The van der Waals surface area contributed by atoms with Crippen LogP contribution in [0.4, 0.5) is 0 Å². The van der Waals surface area contributed by atoms with Crippen LogP contribution < -0.4 is 0 Å². The maximum absolute atomic E-state index is 2.70. The molecule has 0 aromatic rings. The van der Waals surface area contributed by atoms with E-state index in [4.69, 9.17) is 0 Å². The zero-order valence-electron chi connectivity index (χ0n) is 14.1. The third-order valence-corrected chi connectivity index (χ3v) is 5.13. The molecular weight excluding hydrogens is 220 g/mol. The third kappa shape index (κ3) is 3.08. The van der Waals surface area contributed by atoms with Gasteiger partial charge >= 0.3 is 0 Å². The van der Waals surface area contributed by atoms with E-state index in [-0.39, 0.29) is 5.54 Å². The molecule has 0 bridgehead atoms. The Labute approximate surface area is 115 Å². The molecule has 0 radical (unpaired) electrons. The molecule has 2 heteroatoms. The van der Waals surface area contributed by atoms with Crippen LogP contribution in [0.2, 0.25) is 0 Å². The predicted octanol–water partition coefficient (Wildman–Crippen LogP) is 3.62. The topological polar surface area (TPSA) is 6.48 Å². The van der Waals surface area contributed by atoms with Crippen LogP contribution in [0, 0.1) is 5.41 Å². The molecule has 0 N–H and O–H groups in total. The summed E-state index contributed by atoms with van der Waals surface area (Å²) in [5, 5.41) is 0. The van der Waals surface area contributed by atoms with Gasteiger partial charge in [0.1, 0.15) is 0 Å². The van der Waals surface area contributed by atoms with Gasteiger partial charge in [-0.15, -0.1) is 0 Å². The Bertz CT molecular complexity index is 280. The van der Waals surface area contributed by atoms with Gasteiger partial charge in [-0.25, -0.2) is 0 Å². The quantitative estimate of drug-likeness (QED) is 0.705. The second-order valence-corrected chi connectivity index (χ2v) is 8.47. The lowest BCUT2D eigenvalue weighted by Crippen LogP contribution is -2.65. The molecule has 1 saturated heterocycles. The summed E-state index contributed by atoms with van der Waals surface area (Å²) in [4.78, 5) is 5.32. The first-order valence-corrected chi connectivity index (χ1v) is 7.39. The van der Waals surface area contributed by atoms with Crippen LogP contribution in [-0.2, 0) is 0 Å². The van der Waals surface area contributed by atoms with Gasteiger partial charge in [-0.05, 0) is 47.0 Å². The second-order valence-electron chi connectivity index (χ2n) is 8.47. The highest BCUT2D eigenvalue weighted by atomic mass is 15.3. The van der Waals surface area contributed by atoms with Gasteiger partial charge in [0.15, 0.2) is 0 Å². The van der Waals surface area contributed by atoms with Crippen LogP contribution in [0.1, 0.15) is 62.3 Å². The fourth-order valence-electron chi connectivity index (χ4n) is 2.83. The van der Waals surface area contributed by atoms with E-state index in [1.165, 1.54) is 19.6 Å². The minimum absolute atomic E-state index is 0.246. The summed E-state index contributed by atoms with van der Waals surface area (Å²) >= 11 is 0. The lowest BCUT2D eigenvalue weighted by Gasteiger charge is -2.55. The molecule has 1 rings (SSSR count). The van der Waals surface area contributed by atoms with Gasteiger partial charge < -0.3 is 0 Å². The van der Waals surface area contributed by atoms with Crippen molar-refractivity contribution in [2.45, 2.75) is 79.4 Å². The first-order chi connectivity index (χ1) is 7.87.